The first-order valence-corrected chi connectivity index (χ1v) is 8.47. The zero-order valence-electron chi connectivity index (χ0n) is 13.9. The lowest BCUT2D eigenvalue weighted by Crippen LogP contribution is -2.16. The second-order valence-electron chi connectivity index (χ2n) is 6.81. The van der Waals surface area contributed by atoms with E-state index in [9.17, 15) is 4.39 Å². The van der Waals surface area contributed by atoms with Crippen LogP contribution in [-0.4, -0.2) is 0 Å². The molecule has 0 heterocycles. The first-order chi connectivity index (χ1) is 12.1. The van der Waals surface area contributed by atoms with Crippen molar-refractivity contribution in [3.63, 3.8) is 0 Å². The van der Waals surface area contributed by atoms with Gasteiger partial charge in [0.05, 0.1) is 5.56 Å². The molecule has 3 aromatic carbocycles. The molecule has 25 heavy (non-hydrogen) atoms. The van der Waals surface area contributed by atoms with E-state index in [-0.39, 0.29) is 17.3 Å². The lowest BCUT2D eigenvalue weighted by Gasteiger charge is -2.26. The van der Waals surface area contributed by atoms with Crippen molar-refractivity contribution in [2.24, 2.45) is 0 Å². The number of nitriles is 1. The smallest absolute Gasteiger partial charge is 0.144 e. The van der Waals surface area contributed by atoms with Crippen molar-refractivity contribution < 1.29 is 8.78 Å². The van der Waals surface area contributed by atoms with Crippen LogP contribution >= 0.6 is 0 Å². The molecule has 1 atom stereocenters. The minimum Gasteiger partial charge on any atom is -0.206 e. The molecule has 1 aliphatic rings. The highest BCUT2D eigenvalue weighted by Crippen LogP contribution is 2.37. The quantitative estimate of drug-likeness (QED) is 0.571. The SMILES string of the molecule is Cc1ccc2c(F)c(C3CCc4c(ccc(C#N)c4F)C3)ccc2c1. The first-order valence-electron chi connectivity index (χ1n) is 8.47. The van der Waals surface area contributed by atoms with Gasteiger partial charge in [-0.05, 0) is 60.2 Å². The Labute approximate surface area is 145 Å². The van der Waals surface area contributed by atoms with Crippen molar-refractivity contribution in [3.05, 3.63) is 81.9 Å². The molecule has 0 saturated heterocycles. The number of rotatable bonds is 1. The molecule has 0 saturated carbocycles. The fraction of sp³-hybridized carbons (Fsp3) is 0.227. The summed E-state index contributed by atoms with van der Waals surface area (Å²) in [5.41, 5.74) is 3.40. The van der Waals surface area contributed by atoms with Crippen LogP contribution in [0.4, 0.5) is 8.78 Å². The Hall–Kier alpha value is -2.73. The van der Waals surface area contributed by atoms with E-state index >= 15 is 4.39 Å². The number of fused-ring (bicyclic) bond motifs is 2. The van der Waals surface area contributed by atoms with E-state index in [2.05, 4.69) is 0 Å². The molecule has 4 rings (SSSR count). The summed E-state index contributed by atoms with van der Waals surface area (Å²) in [4.78, 5) is 0. The second kappa shape index (κ2) is 5.97. The average Bonchev–Trinajstić information content (AvgIpc) is 2.62. The molecule has 3 heteroatoms. The molecule has 3 aromatic rings. The molecule has 0 fully saturated rings. The van der Waals surface area contributed by atoms with E-state index in [1.54, 1.807) is 0 Å². The van der Waals surface area contributed by atoms with Crippen LogP contribution in [0.15, 0.2) is 42.5 Å². The highest BCUT2D eigenvalue weighted by molar-refractivity contribution is 5.84. The highest BCUT2D eigenvalue weighted by atomic mass is 19.1. The number of benzene rings is 3. The zero-order valence-corrected chi connectivity index (χ0v) is 13.9. The van der Waals surface area contributed by atoms with Crippen LogP contribution in [0, 0.1) is 29.9 Å². The largest absolute Gasteiger partial charge is 0.206 e. The summed E-state index contributed by atoms with van der Waals surface area (Å²) in [6, 6.07) is 14.8. The van der Waals surface area contributed by atoms with Gasteiger partial charge in [0.25, 0.3) is 0 Å². The summed E-state index contributed by atoms with van der Waals surface area (Å²) in [5, 5.41) is 10.5. The Morgan fingerprint density at radius 3 is 2.68 bits per heavy atom. The molecule has 0 N–H and O–H groups in total. The van der Waals surface area contributed by atoms with Gasteiger partial charge in [-0.1, -0.05) is 42.0 Å². The second-order valence-corrected chi connectivity index (χ2v) is 6.81. The van der Waals surface area contributed by atoms with E-state index < -0.39 is 5.82 Å². The normalized spacial score (nSPS) is 16.5. The maximum Gasteiger partial charge on any atom is 0.144 e. The molecule has 0 spiro atoms. The van der Waals surface area contributed by atoms with Crippen LogP contribution in [0.25, 0.3) is 10.8 Å². The fourth-order valence-electron chi connectivity index (χ4n) is 3.90. The summed E-state index contributed by atoms with van der Waals surface area (Å²) in [5.74, 6) is -0.543. The Kier molecular flexibility index (Phi) is 3.77. The van der Waals surface area contributed by atoms with Crippen LogP contribution in [0.1, 0.15) is 40.2 Å². The lowest BCUT2D eigenvalue weighted by molar-refractivity contribution is 0.518. The maximum absolute atomic E-state index is 15.0. The number of hydrogen-bond donors (Lipinski definition) is 0. The summed E-state index contributed by atoms with van der Waals surface area (Å²) in [6.45, 7) is 1.99. The summed E-state index contributed by atoms with van der Waals surface area (Å²) < 4.78 is 29.4. The standard InChI is InChI=1S/C22H17F2N/c1-13-2-7-19-14(10-13)5-9-20(22(19)24)16-6-8-18-15(11-16)3-4-17(12-25)21(18)23/h2-5,7,9-10,16H,6,8,11H2,1H3. The van der Waals surface area contributed by atoms with Gasteiger partial charge >= 0.3 is 0 Å². The van der Waals surface area contributed by atoms with Gasteiger partial charge in [-0.2, -0.15) is 5.26 Å². The fourth-order valence-corrected chi connectivity index (χ4v) is 3.90. The molecule has 1 unspecified atom stereocenters. The highest BCUT2D eigenvalue weighted by Gasteiger charge is 2.26. The van der Waals surface area contributed by atoms with Crippen molar-refractivity contribution >= 4 is 10.8 Å². The third kappa shape index (κ3) is 2.59. The molecule has 0 amide bonds. The third-order valence-electron chi connectivity index (χ3n) is 5.25. The maximum atomic E-state index is 15.0. The van der Waals surface area contributed by atoms with Crippen LogP contribution in [0.2, 0.25) is 0 Å². The summed E-state index contributed by atoms with van der Waals surface area (Å²) in [6.07, 6.45) is 1.83. The lowest BCUT2D eigenvalue weighted by atomic mass is 9.79. The third-order valence-corrected chi connectivity index (χ3v) is 5.25. The predicted octanol–water partition coefficient (Wildman–Crippen LogP) is 5.57. The summed E-state index contributed by atoms with van der Waals surface area (Å²) in [7, 11) is 0. The van der Waals surface area contributed by atoms with Crippen molar-refractivity contribution in [1.29, 1.82) is 5.26 Å². The van der Waals surface area contributed by atoms with E-state index in [1.807, 2.05) is 49.4 Å². The molecule has 1 nitrogen and oxygen atoms in total. The monoisotopic (exact) mass is 333 g/mol. The zero-order chi connectivity index (χ0) is 17.6. The van der Waals surface area contributed by atoms with Gasteiger partial charge < -0.3 is 0 Å². The molecular formula is C22H17F2N. The Morgan fingerprint density at radius 1 is 1.04 bits per heavy atom. The number of nitrogens with zero attached hydrogens (tertiary/aromatic N) is 1. The van der Waals surface area contributed by atoms with Gasteiger partial charge in [0, 0.05) is 5.39 Å². The molecule has 1 aliphatic carbocycles. The topological polar surface area (TPSA) is 23.8 Å². The van der Waals surface area contributed by atoms with Crippen molar-refractivity contribution in [3.8, 4) is 6.07 Å². The van der Waals surface area contributed by atoms with E-state index in [0.29, 0.717) is 35.8 Å². The van der Waals surface area contributed by atoms with Crippen molar-refractivity contribution in [1.82, 2.24) is 0 Å². The van der Waals surface area contributed by atoms with Crippen LogP contribution in [0.3, 0.4) is 0 Å². The van der Waals surface area contributed by atoms with E-state index in [4.69, 9.17) is 5.26 Å². The Morgan fingerprint density at radius 2 is 1.88 bits per heavy atom. The molecule has 124 valence electrons. The minimum absolute atomic E-state index is 0.0329. The van der Waals surface area contributed by atoms with Crippen molar-refractivity contribution in [2.75, 3.05) is 0 Å². The van der Waals surface area contributed by atoms with Gasteiger partial charge in [0.15, 0.2) is 0 Å². The predicted molar refractivity (Wildman–Crippen MR) is 94.5 cm³/mol. The van der Waals surface area contributed by atoms with Gasteiger partial charge in [-0.25, -0.2) is 8.78 Å². The molecular weight excluding hydrogens is 316 g/mol. The molecule has 0 bridgehead atoms. The van der Waals surface area contributed by atoms with Gasteiger partial charge in [0.2, 0.25) is 0 Å². The van der Waals surface area contributed by atoms with Gasteiger partial charge in [0.1, 0.15) is 17.7 Å². The van der Waals surface area contributed by atoms with E-state index in [1.165, 1.54) is 6.07 Å². The van der Waals surface area contributed by atoms with Gasteiger partial charge in [-0.15, -0.1) is 0 Å². The molecule has 0 aliphatic heterocycles. The molecule has 0 radical (unpaired) electrons. The van der Waals surface area contributed by atoms with E-state index in [0.717, 1.165) is 16.5 Å². The van der Waals surface area contributed by atoms with Crippen LogP contribution in [-0.2, 0) is 12.8 Å². The number of hydrogen-bond acceptors (Lipinski definition) is 1. The Bertz CT molecular complexity index is 1030. The first kappa shape index (κ1) is 15.8. The van der Waals surface area contributed by atoms with Crippen LogP contribution in [0.5, 0.6) is 0 Å². The van der Waals surface area contributed by atoms with Crippen LogP contribution < -0.4 is 0 Å². The number of aryl methyl sites for hydroxylation is 1. The molecule has 0 aromatic heterocycles. The van der Waals surface area contributed by atoms with Gasteiger partial charge in [-0.3, -0.25) is 0 Å². The average molecular weight is 333 g/mol. The minimum atomic E-state index is -0.409. The Balaban J connectivity index is 1.74. The number of halogens is 2. The van der Waals surface area contributed by atoms with Crippen molar-refractivity contribution in [2.45, 2.75) is 32.1 Å². The summed E-state index contributed by atoms with van der Waals surface area (Å²) >= 11 is 0.